The van der Waals surface area contributed by atoms with E-state index in [0.29, 0.717) is 19.6 Å². The largest absolute Gasteiger partial charge is 0.386 e. The Balaban J connectivity index is 2.73. The minimum Gasteiger partial charge on any atom is -0.386 e. The summed E-state index contributed by atoms with van der Waals surface area (Å²) in [6.07, 6.45) is 4.68. The van der Waals surface area contributed by atoms with Crippen LogP contribution in [0.15, 0.2) is 65.8 Å². The van der Waals surface area contributed by atoms with Gasteiger partial charge in [0.05, 0.1) is 0 Å². The molecule has 22 heavy (non-hydrogen) atoms. The molecule has 0 aromatic heterocycles. The normalized spacial score (nSPS) is 10.5. The first-order valence-corrected chi connectivity index (χ1v) is 7.50. The number of nitrogens with one attached hydrogen (secondary N) is 1. The second kappa shape index (κ2) is 9.59. The Hall–Kier alpha value is -2.32. The van der Waals surface area contributed by atoms with Crippen molar-refractivity contribution in [2.75, 3.05) is 13.1 Å². The maximum absolute atomic E-state index is 12.2. The molecule has 0 aliphatic carbocycles. The number of hydrogen-bond donors (Lipinski definition) is 1. The second-order valence-corrected chi connectivity index (χ2v) is 5.38. The molecule has 1 aromatic carbocycles. The fourth-order valence-corrected chi connectivity index (χ4v) is 2.23. The van der Waals surface area contributed by atoms with Crippen molar-refractivity contribution in [2.24, 2.45) is 0 Å². The Kier molecular flexibility index (Phi) is 7.73. The number of benzene rings is 1. The van der Waals surface area contributed by atoms with Crippen LogP contribution in [0.2, 0.25) is 0 Å². The Morgan fingerprint density at radius 2 is 2.05 bits per heavy atom. The van der Waals surface area contributed by atoms with Gasteiger partial charge in [0.15, 0.2) is 0 Å². The lowest BCUT2D eigenvalue weighted by Crippen LogP contribution is -2.32. The first kappa shape index (κ1) is 17.7. The molecule has 0 radical (unpaired) electrons. The zero-order valence-electron chi connectivity index (χ0n) is 12.3. The minimum atomic E-state index is -0.343. The summed E-state index contributed by atoms with van der Waals surface area (Å²) < 4.78 is 0.982. The predicted molar refractivity (Wildman–Crippen MR) is 91.7 cm³/mol. The van der Waals surface area contributed by atoms with Gasteiger partial charge in [0.2, 0.25) is 0 Å². The maximum atomic E-state index is 12.2. The maximum Gasteiger partial charge on any atom is 0.266 e. The van der Waals surface area contributed by atoms with Crippen LogP contribution < -0.4 is 5.32 Å². The van der Waals surface area contributed by atoms with E-state index in [0.717, 1.165) is 10.0 Å². The summed E-state index contributed by atoms with van der Waals surface area (Å²) in [7, 11) is 0. The summed E-state index contributed by atoms with van der Waals surface area (Å²) >= 11 is 3.40. The van der Waals surface area contributed by atoms with Crippen LogP contribution in [0.1, 0.15) is 5.56 Å². The molecular weight excluding hydrogens is 342 g/mol. The summed E-state index contributed by atoms with van der Waals surface area (Å²) in [5.41, 5.74) is 1.10. The van der Waals surface area contributed by atoms with Crippen molar-refractivity contribution in [3.05, 3.63) is 71.4 Å². The average molecular weight is 360 g/mol. The van der Waals surface area contributed by atoms with Crippen LogP contribution in [0.4, 0.5) is 0 Å². The SMILES string of the molecule is C=CCN(CC=C)C(=O)/C(C#N)=C\NCc1cccc(Br)c1. The molecule has 0 spiro atoms. The predicted octanol–water partition coefficient (Wildman–Crippen LogP) is 3.15. The van der Waals surface area contributed by atoms with Crippen molar-refractivity contribution in [3.8, 4) is 6.07 Å². The van der Waals surface area contributed by atoms with Gasteiger partial charge in [-0.25, -0.2) is 0 Å². The number of amides is 1. The van der Waals surface area contributed by atoms with Crippen LogP contribution in [0.5, 0.6) is 0 Å². The summed E-state index contributed by atoms with van der Waals surface area (Å²) in [4.78, 5) is 13.7. The van der Waals surface area contributed by atoms with Gasteiger partial charge >= 0.3 is 0 Å². The van der Waals surface area contributed by atoms with Gasteiger partial charge in [-0.1, -0.05) is 40.2 Å². The number of rotatable bonds is 8. The standard InChI is InChI=1S/C17H18BrN3O/c1-3-8-21(9-4-2)17(22)15(11-19)13-20-12-14-6-5-7-16(18)10-14/h3-7,10,13,20H,1-2,8-9,12H2/b15-13-. The number of carbonyl (C=O) groups excluding carboxylic acids is 1. The molecule has 5 heteroatoms. The van der Waals surface area contributed by atoms with Gasteiger partial charge in [-0.3, -0.25) is 4.79 Å². The Labute approximate surface area is 139 Å². The molecule has 0 saturated carbocycles. The molecule has 0 aliphatic rings. The highest BCUT2D eigenvalue weighted by Gasteiger charge is 2.15. The summed E-state index contributed by atoms with van der Waals surface area (Å²) in [6, 6.07) is 9.72. The van der Waals surface area contributed by atoms with Crippen molar-refractivity contribution in [1.82, 2.24) is 10.2 Å². The topological polar surface area (TPSA) is 56.1 Å². The van der Waals surface area contributed by atoms with Crippen LogP contribution in [0.25, 0.3) is 0 Å². The van der Waals surface area contributed by atoms with Crippen molar-refractivity contribution in [2.45, 2.75) is 6.54 Å². The summed E-state index contributed by atoms with van der Waals surface area (Å²) in [5.74, 6) is -0.343. The van der Waals surface area contributed by atoms with E-state index in [-0.39, 0.29) is 11.5 Å². The Morgan fingerprint density at radius 1 is 1.36 bits per heavy atom. The van der Waals surface area contributed by atoms with E-state index in [2.05, 4.69) is 34.4 Å². The fourth-order valence-electron chi connectivity index (χ4n) is 1.78. The lowest BCUT2D eigenvalue weighted by Gasteiger charge is -2.18. The molecule has 1 aromatic rings. The van der Waals surface area contributed by atoms with Crippen molar-refractivity contribution < 1.29 is 4.79 Å². The first-order valence-electron chi connectivity index (χ1n) is 6.71. The van der Waals surface area contributed by atoms with Crippen LogP contribution in [0.3, 0.4) is 0 Å². The van der Waals surface area contributed by atoms with Gasteiger partial charge < -0.3 is 10.2 Å². The molecule has 1 amide bonds. The Bertz CT molecular complexity index is 607. The van der Waals surface area contributed by atoms with Crippen molar-refractivity contribution in [1.29, 1.82) is 5.26 Å². The minimum absolute atomic E-state index is 0.0543. The fraction of sp³-hybridized carbons (Fsp3) is 0.176. The van der Waals surface area contributed by atoms with Gasteiger partial charge in [0, 0.05) is 30.3 Å². The molecule has 0 unspecified atom stereocenters. The number of nitriles is 1. The lowest BCUT2D eigenvalue weighted by molar-refractivity contribution is -0.125. The second-order valence-electron chi connectivity index (χ2n) is 4.47. The third kappa shape index (κ3) is 5.58. The van der Waals surface area contributed by atoms with Gasteiger partial charge in [-0.15, -0.1) is 13.2 Å². The summed E-state index contributed by atoms with van der Waals surface area (Å²) in [6.45, 7) is 8.49. The highest BCUT2D eigenvalue weighted by molar-refractivity contribution is 9.10. The molecule has 0 heterocycles. The van der Waals surface area contributed by atoms with Crippen LogP contribution in [-0.4, -0.2) is 23.9 Å². The molecule has 4 nitrogen and oxygen atoms in total. The van der Waals surface area contributed by atoms with Crippen LogP contribution in [-0.2, 0) is 11.3 Å². The molecule has 0 saturated heterocycles. The Morgan fingerprint density at radius 3 is 2.59 bits per heavy atom. The zero-order valence-corrected chi connectivity index (χ0v) is 13.8. The smallest absolute Gasteiger partial charge is 0.266 e. The monoisotopic (exact) mass is 359 g/mol. The average Bonchev–Trinajstić information content (AvgIpc) is 2.51. The molecule has 1 N–H and O–H groups in total. The van der Waals surface area contributed by atoms with E-state index in [1.807, 2.05) is 30.3 Å². The van der Waals surface area contributed by atoms with Gasteiger partial charge in [0.25, 0.3) is 5.91 Å². The molecule has 0 atom stereocenters. The van der Waals surface area contributed by atoms with Gasteiger partial charge in [-0.05, 0) is 17.7 Å². The van der Waals surface area contributed by atoms with Crippen molar-refractivity contribution in [3.63, 3.8) is 0 Å². The highest BCUT2D eigenvalue weighted by atomic mass is 79.9. The van der Waals surface area contributed by atoms with Crippen LogP contribution >= 0.6 is 15.9 Å². The van der Waals surface area contributed by atoms with Crippen molar-refractivity contribution >= 4 is 21.8 Å². The first-order chi connectivity index (χ1) is 10.6. The molecule has 114 valence electrons. The van der Waals surface area contributed by atoms with E-state index >= 15 is 0 Å². The molecule has 0 fully saturated rings. The van der Waals surface area contributed by atoms with E-state index in [1.54, 1.807) is 12.2 Å². The van der Waals surface area contributed by atoms with E-state index in [9.17, 15) is 4.79 Å². The quantitative estimate of drug-likeness (QED) is 0.440. The van der Waals surface area contributed by atoms with E-state index in [4.69, 9.17) is 5.26 Å². The van der Waals surface area contributed by atoms with Gasteiger partial charge in [0.1, 0.15) is 11.6 Å². The van der Waals surface area contributed by atoms with E-state index in [1.165, 1.54) is 11.1 Å². The number of halogens is 1. The lowest BCUT2D eigenvalue weighted by atomic mass is 10.2. The zero-order chi connectivity index (χ0) is 16.4. The highest BCUT2D eigenvalue weighted by Crippen LogP contribution is 2.11. The van der Waals surface area contributed by atoms with Gasteiger partial charge in [-0.2, -0.15) is 5.26 Å². The number of nitrogens with zero attached hydrogens (tertiary/aromatic N) is 2. The molecule has 0 aliphatic heterocycles. The number of hydrogen-bond acceptors (Lipinski definition) is 3. The van der Waals surface area contributed by atoms with E-state index < -0.39 is 0 Å². The van der Waals surface area contributed by atoms with Crippen LogP contribution in [0, 0.1) is 11.3 Å². The molecule has 1 rings (SSSR count). The third-order valence-corrected chi connectivity index (χ3v) is 3.27. The molecular formula is C17H18BrN3O. The third-order valence-electron chi connectivity index (χ3n) is 2.78. The molecule has 0 bridgehead atoms. The summed E-state index contributed by atoms with van der Waals surface area (Å²) in [5, 5.41) is 12.2. The number of carbonyl (C=O) groups is 1.